The van der Waals surface area contributed by atoms with Gasteiger partial charge >= 0.3 is 0 Å². The maximum absolute atomic E-state index is 6.00. The summed E-state index contributed by atoms with van der Waals surface area (Å²) in [7, 11) is 0. The second kappa shape index (κ2) is 2.70. The zero-order chi connectivity index (χ0) is 6.74. The van der Waals surface area contributed by atoms with E-state index in [2.05, 4.69) is 6.92 Å². The van der Waals surface area contributed by atoms with Crippen LogP contribution >= 0.6 is 0 Å². The Bertz CT molecular complexity index is 82.6. The molecule has 0 amide bonds. The maximum atomic E-state index is 6.00. The predicted molar refractivity (Wildman–Crippen MR) is 40.0 cm³/mol. The fraction of sp³-hybridized carbons (Fsp3) is 0.875. The highest BCUT2D eigenvalue weighted by molar-refractivity contribution is 4.87. The molecule has 1 aliphatic rings. The molecule has 1 radical (unpaired) electrons. The number of rotatable bonds is 1. The van der Waals surface area contributed by atoms with Crippen molar-refractivity contribution in [3.63, 3.8) is 0 Å². The average molecular weight is 126 g/mol. The zero-order valence-electron chi connectivity index (χ0n) is 6.03. The summed E-state index contributed by atoms with van der Waals surface area (Å²) in [5.41, 5.74) is 6.11. The predicted octanol–water partition coefficient (Wildman–Crippen LogP) is 1.87. The molecule has 1 saturated carbocycles. The monoisotopic (exact) mass is 126 g/mol. The van der Waals surface area contributed by atoms with Crippen LogP contribution in [0, 0.1) is 6.92 Å². The first-order valence-corrected chi connectivity index (χ1v) is 3.85. The molecule has 0 aliphatic heterocycles. The summed E-state index contributed by atoms with van der Waals surface area (Å²) < 4.78 is 0. The fourth-order valence-corrected chi connectivity index (χ4v) is 1.51. The molecule has 0 spiro atoms. The first-order valence-electron chi connectivity index (χ1n) is 3.85. The van der Waals surface area contributed by atoms with Crippen LogP contribution in [-0.2, 0) is 0 Å². The SMILES string of the molecule is [CH2]CC1(N)CCCCC1. The van der Waals surface area contributed by atoms with Gasteiger partial charge in [-0.1, -0.05) is 26.2 Å². The lowest BCUT2D eigenvalue weighted by Crippen LogP contribution is -2.40. The molecule has 53 valence electrons. The van der Waals surface area contributed by atoms with Crippen molar-refractivity contribution in [2.45, 2.75) is 44.1 Å². The molecule has 0 heterocycles. The molecule has 1 fully saturated rings. The number of hydrogen-bond acceptors (Lipinski definition) is 1. The Kier molecular flexibility index (Phi) is 2.12. The van der Waals surface area contributed by atoms with Crippen molar-refractivity contribution >= 4 is 0 Å². The molecule has 0 saturated heterocycles. The molecule has 0 unspecified atom stereocenters. The van der Waals surface area contributed by atoms with E-state index < -0.39 is 0 Å². The van der Waals surface area contributed by atoms with Crippen molar-refractivity contribution in [1.29, 1.82) is 0 Å². The van der Waals surface area contributed by atoms with E-state index in [0.717, 1.165) is 6.42 Å². The van der Waals surface area contributed by atoms with Gasteiger partial charge in [0.1, 0.15) is 0 Å². The Morgan fingerprint density at radius 1 is 1.22 bits per heavy atom. The highest BCUT2D eigenvalue weighted by Crippen LogP contribution is 2.27. The minimum Gasteiger partial charge on any atom is -0.325 e. The molecular formula is C8H16N. The van der Waals surface area contributed by atoms with Crippen molar-refractivity contribution in [3.05, 3.63) is 6.92 Å². The van der Waals surface area contributed by atoms with Crippen LogP contribution in [0.4, 0.5) is 0 Å². The van der Waals surface area contributed by atoms with Crippen LogP contribution in [-0.4, -0.2) is 5.54 Å². The largest absolute Gasteiger partial charge is 0.325 e. The normalized spacial score (nSPS) is 26.0. The summed E-state index contributed by atoms with van der Waals surface area (Å²) in [5, 5.41) is 0. The molecule has 9 heavy (non-hydrogen) atoms. The van der Waals surface area contributed by atoms with Crippen molar-refractivity contribution in [2.24, 2.45) is 5.73 Å². The van der Waals surface area contributed by atoms with Crippen LogP contribution < -0.4 is 5.73 Å². The Morgan fingerprint density at radius 3 is 2.11 bits per heavy atom. The molecule has 0 aromatic carbocycles. The summed E-state index contributed by atoms with van der Waals surface area (Å²) in [6, 6.07) is 0. The lowest BCUT2D eigenvalue weighted by Gasteiger charge is -2.31. The van der Waals surface area contributed by atoms with Crippen molar-refractivity contribution in [2.75, 3.05) is 0 Å². The van der Waals surface area contributed by atoms with Gasteiger partial charge in [-0.25, -0.2) is 0 Å². The van der Waals surface area contributed by atoms with Gasteiger partial charge in [-0.15, -0.1) is 0 Å². The van der Waals surface area contributed by atoms with E-state index in [-0.39, 0.29) is 5.54 Å². The second-order valence-corrected chi connectivity index (χ2v) is 3.17. The maximum Gasteiger partial charge on any atom is 0.0154 e. The molecule has 1 aliphatic carbocycles. The summed E-state index contributed by atoms with van der Waals surface area (Å²) in [6.07, 6.45) is 7.29. The lowest BCUT2D eigenvalue weighted by molar-refractivity contribution is 0.297. The summed E-state index contributed by atoms with van der Waals surface area (Å²) in [5.74, 6) is 0. The lowest BCUT2D eigenvalue weighted by atomic mass is 9.81. The van der Waals surface area contributed by atoms with E-state index in [1.165, 1.54) is 32.1 Å². The van der Waals surface area contributed by atoms with E-state index in [1.807, 2.05) is 0 Å². The molecule has 0 atom stereocenters. The van der Waals surface area contributed by atoms with Crippen LogP contribution in [0.5, 0.6) is 0 Å². The van der Waals surface area contributed by atoms with Crippen molar-refractivity contribution in [3.8, 4) is 0 Å². The van der Waals surface area contributed by atoms with E-state index in [9.17, 15) is 0 Å². The zero-order valence-corrected chi connectivity index (χ0v) is 6.03. The summed E-state index contributed by atoms with van der Waals surface area (Å²) in [4.78, 5) is 0. The summed E-state index contributed by atoms with van der Waals surface area (Å²) in [6.45, 7) is 3.86. The van der Waals surface area contributed by atoms with Crippen molar-refractivity contribution in [1.82, 2.24) is 0 Å². The van der Waals surface area contributed by atoms with Gasteiger partial charge in [-0.05, 0) is 19.3 Å². The molecule has 2 N–H and O–H groups in total. The topological polar surface area (TPSA) is 26.0 Å². The summed E-state index contributed by atoms with van der Waals surface area (Å²) >= 11 is 0. The van der Waals surface area contributed by atoms with Gasteiger partial charge in [0, 0.05) is 5.54 Å². The molecule has 1 rings (SSSR count). The highest BCUT2D eigenvalue weighted by atomic mass is 14.7. The van der Waals surface area contributed by atoms with E-state index >= 15 is 0 Å². The second-order valence-electron chi connectivity index (χ2n) is 3.17. The number of hydrogen-bond donors (Lipinski definition) is 1. The fourth-order valence-electron chi connectivity index (χ4n) is 1.51. The van der Waals surface area contributed by atoms with E-state index in [0.29, 0.717) is 0 Å². The minimum atomic E-state index is 0.109. The van der Waals surface area contributed by atoms with Crippen LogP contribution in [0.1, 0.15) is 38.5 Å². The third-order valence-corrected chi connectivity index (χ3v) is 2.35. The van der Waals surface area contributed by atoms with Gasteiger partial charge in [-0.2, -0.15) is 0 Å². The van der Waals surface area contributed by atoms with Crippen LogP contribution in [0.2, 0.25) is 0 Å². The Balaban J connectivity index is 2.37. The third-order valence-electron chi connectivity index (χ3n) is 2.35. The third kappa shape index (κ3) is 1.68. The Morgan fingerprint density at radius 2 is 1.78 bits per heavy atom. The molecular weight excluding hydrogens is 110 g/mol. The molecule has 0 bridgehead atoms. The van der Waals surface area contributed by atoms with Gasteiger partial charge in [0.05, 0.1) is 0 Å². The quantitative estimate of drug-likeness (QED) is 0.570. The molecule has 0 aromatic rings. The standard InChI is InChI=1S/C8H16N/c1-2-8(9)6-4-3-5-7-8/h1-7,9H2. The molecule has 1 nitrogen and oxygen atoms in total. The van der Waals surface area contributed by atoms with Crippen LogP contribution in [0.3, 0.4) is 0 Å². The van der Waals surface area contributed by atoms with E-state index in [1.54, 1.807) is 0 Å². The molecule has 1 heteroatoms. The van der Waals surface area contributed by atoms with Gasteiger partial charge in [0.2, 0.25) is 0 Å². The average Bonchev–Trinajstić information content (AvgIpc) is 1.90. The van der Waals surface area contributed by atoms with Gasteiger partial charge in [-0.3, -0.25) is 0 Å². The van der Waals surface area contributed by atoms with Gasteiger partial charge in [0.25, 0.3) is 0 Å². The first-order chi connectivity index (χ1) is 4.27. The first kappa shape index (κ1) is 7.07. The highest BCUT2D eigenvalue weighted by Gasteiger charge is 2.24. The Hall–Kier alpha value is -0.0400. The van der Waals surface area contributed by atoms with Crippen LogP contribution in [0.25, 0.3) is 0 Å². The van der Waals surface area contributed by atoms with Crippen molar-refractivity contribution < 1.29 is 0 Å². The smallest absolute Gasteiger partial charge is 0.0154 e. The van der Waals surface area contributed by atoms with Crippen LogP contribution in [0.15, 0.2) is 0 Å². The number of nitrogens with two attached hydrogens (primary N) is 1. The molecule has 0 aromatic heterocycles. The van der Waals surface area contributed by atoms with Gasteiger partial charge in [0.15, 0.2) is 0 Å². The Labute approximate surface area is 57.6 Å². The van der Waals surface area contributed by atoms with E-state index in [4.69, 9.17) is 5.73 Å². The minimum absolute atomic E-state index is 0.109. The van der Waals surface area contributed by atoms with Gasteiger partial charge < -0.3 is 5.73 Å².